The van der Waals surface area contributed by atoms with Crippen LogP contribution in [0.25, 0.3) is 0 Å². The lowest BCUT2D eigenvalue weighted by molar-refractivity contribution is -1.02. The van der Waals surface area contributed by atoms with Crippen molar-refractivity contribution in [2.24, 2.45) is 0 Å². The SMILES string of the molecule is CCc1cccc(CC)c1NC(=O)C[NH+]1CC[NH+](Cc2cccc(Cl)c2)CC1. The minimum absolute atomic E-state index is 0.129. The zero-order valence-corrected chi connectivity index (χ0v) is 17.7. The van der Waals surface area contributed by atoms with Crippen LogP contribution < -0.4 is 15.1 Å². The summed E-state index contributed by atoms with van der Waals surface area (Å²) in [4.78, 5) is 15.6. The molecule has 1 fully saturated rings. The molecule has 4 nitrogen and oxygen atoms in total. The van der Waals surface area contributed by atoms with Crippen molar-refractivity contribution >= 4 is 23.2 Å². The van der Waals surface area contributed by atoms with E-state index in [1.807, 2.05) is 12.1 Å². The zero-order valence-electron chi connectivity index (χ0n) is 17.0. The van der Waals surface area contributed by atoms with Gasteiger partial charge in [0.2, 0.25) is 0 Å². The van der Waals surface area contributed by atoms with Gasteiger partial charge >= 0.3 is 0 Å². The predicted molar refractivity (Wildman–Crippen MR) is 115 cm³/mol. The summed E-state index contributed by atoms with van der Waals surface area (Å²) >= 11 is 6.09. The van der Waals surface area contributed by atoms with Crippen molar-refractivity contribution in [3.63, 3.8) is 0 Å². The maximum absolute atomic E-state index is 12.7. The first kappa shape index (κ1) is 20.8. The predicted octanol–water partition coefficient (Wildman–Crippen LogP) is 1.39. The molecule has 1 saturated heterocycles. The lowest BCUT2D eigenvalue weighted by atomic mass is 10.0. The van der Waals surface area contributed by atoms with E-state index in [9.17, 15) is 4.79 Å². The number of quaternary nitrogens is 2. The molecule has 0 radical (unpaired) electrons. The summed E-state index contributed by atoms with van der Waals surface area (Å²) in [7, 11) is 0. The number of aryl methyl sites for hydroxylation is 2. The summed E-state index contributed by atoms with van der Waals surface area (Å²) in [5.74, 6) is 0.129. The summed E-state index contributed by atoms with van der Waals surface area (Å²) < 4.78 is 0. The summed E-state index contributed by atoms with van der Waals surface area (Å²) in [6.07, 6.45) is 1.86. The van der Waals surface area contributed by atoms with Gasteiger partial charge in [0.05, 0.1) is 0 Å². The zero-order chi connectivity index (χ0) is 19.9. The van der Waals surface area contributed by atoms with Crippen molar-refractivity contribution in [2.45, 2.75) is 33.2 Å². The molecule has 150 valence electrons. The molecule has 1 amide bonds. The van der Waals surface area contributed by atoms with Crippen LogP contribution >= 0.6 is 11.6 Å². The molecule has 0 unspecified atom stereocenters. The molecule has 2 aromatic rings. The number of hydrogen-bond acceptors (Lipinski definition) is 1. The van der Waals surface area contributed by atoms with Gasteiger partial charge in [0.1, 0.15) is 32.7 Å². The molecule has 0 atom stereocenters. The molecule has 3 rings (SSSR count). The molecular weight excluding hydrogens is 370 g/mol. The second-order valence-corrected chi connectivity index (χ2v) is 8.13. The highest BCUT2D eigenvalue weighted by Gasteiger charge is 2.25. The maximum atomic E-state index is 12.7. The van der Waals surface area contributed by atoms with Crippen LogP contribution in [0, 0.1) is 0 Å². The Labute approximate surface area is 173 Å². The maximum Gasteiger partial charge on any atom is 0.279 e. The van der Waals surface area contributed by atoms with Crippen molar-refractivity contribution < 1.29 is 14.6 Å². The van der Waals surface area contributed by atoms with Gasteiger partial charge in [-0.2, -0.15) is 0 Å². The van der Waals surface area contributed by atoms with Gasteiger partial charge < -0.3 is 15.1 Å². The van der Waals surface area contributed by atoms with Gasteiger partial charge in [0.15, 0.2) is 6.54 Å². The summed E-state index contributed by atoms with van der Waals surface area (Å²) in [6.45, 7) is 10.0. The molecule has 1 heterocycles. The highest BCUT2D eigenvalue weighted by atomic mass is 35.5. The number of para-hydroxylation sites is 1. The number of rotatable bonds is 7. The average molecular weight is 402 g/mol. The van der Waals surface area contributed by atoms with Crippen LogP contribution in [0.1, 0.15) is 30.5 Å². The van der Waals surface area contributed by atoms with Crippen molar-refractivity contribution in [2.75, 3.05) is 38.0 Å². The molecule has 1 aliphatic heterocycles. The van der Waals surface area contributed by atoms with Crippen LogP contribution in [-0.2, 0) is 24.2 Å². The van der Waals surface area contributed by atoms with Gasteiger partial charge in [0, 0.05) is 16.3 Å². The quantitative estimate of drug-likeness (QED) is 0.644. The number of carbonyl (C=O) groups excluding carboxylic acids is 1. The molecule has 2 aromatic carbocycles. The number of nitrogens with one attached hydrogen (secondary N) is 3. The number of amides is 1. The fraction of sp³-hybridized carbons (Fsp3) is 0.435. The average Bonchev–Trinajstić information content (AvgIpc) is 2.69. The van der Waals surface area contributed by atoms with Crippen LogP contribution in [0.2, 0.25) is 5.02 Å². The van der Waals surface area contributed by atoms with Gasteiger partial charge in [-0.1, -0.05) is 55.8 Å². The van der Waals surface area contributed by atoms with Gasteiger partial charge in [-0.3, -0.25) is 4.79 Å². The standard InChI is InChI=1S/C23H30ClN3O/c1-3-19-8-6-9-20(4-2)23(19)25-22(28)17-27-13-11-26(12-14-27)16-18-7-5-10-21(24)15-18/h5-10,15H,3-4,11-14,16-17H2,1-2H3,(H,25,28)/p+2. The van der Waals surface area contributed by atoms with Crippen LogP contribution in [0.15, 0.2) is 42.5 Å². The molecule has 1 aliphatic rings. The molecule has 3 N–H and O–H groups in total. The number of hydrogen-bond donors (Lipinski definition) is 3. The van der Waals surface area contributed by atoms with Gasteiger partial charge in [-0.25, -0.2) is 0 Å². The number of benzene rings is 2. The summed E-state index contributed by atoms with van der Waals surface area (Å²) in [6, 6.07) is 14.4. The first-order chi connectivity index (χ1) is 13.6. The van der Waals surface area contributed by atoms with Gasteiger partial charge in [-0.15, -0.1) is 0 Å². The minimum Gasteiger partial charge on any atom is -0.322 e. The molecule has 28 heavy (non-hydrogen) atoms. The number of piperazine rings is 1. The fourth-order valence-corrected chi connectivity index (χ4v) is 4.27. The monoisotopic (exact) mass is 401 g/mol. The minimum atomic E-state index is 0.129. The molecule has 0 spiro atoms. The first-order valence-corrected chi connectivity index (χ1v) is 10.8. The Kier molecular flexibility index (Phi) is 7.49. The topological polar surface area (TPSA) is 38.0 Å². The summed E-state index contributed by atoms with van der Waals surface area (Å²) in [5.41, 5.74) is 4.76. The van der Waals surface area contributed by atoms with E-state index in [1.165, 1.54) is 21.6 Å². The van der Waals surface area contributed by atoms with E-state index in [1.54, 1.807) is 4.90 Å². The fourth-order valence-electron chi connectivity index (χ4n) is 4.06. The largest absolute Gasteiger partial charge is 0.322 e. The Hall–Kier alpha value is -1.88. The second kappa shape index (κ2) is 10.1. The Bertz CT molecular complexity index is 778. The Morgan fingerprint density at radius 3 is 2.18 bits per heavy atom. The van der Waals surface area contributed by atoms with Crippen molar-refractivity contribution in [1.82, 2.24) is 0 Å². The molecule has 0 bridgehead atoms. The van der Waals surface area contributed by atoms with Crippen molar-refractivity contribution in [3.8, 4) is 0 Å². The highest BCUT2D eigenvalue weighted by Crippen LogP contribution is 2.22. The number of halogens is 1. The van der Waals surface area contributed by atoms with E-state index in [0.29, 0.717) is 6.54 Å². The molecule has 0 aromatic heterocycles. The number of carbonyl (C=O) groups is 1. The Morgan fingerprint density at radius 1 is 0.964 bits per heavy atom. The molecular formula is C23H32ClN3O+2. The smallest absolute Gasteiger partial charge is 0.279 e. The van der Waals surface area contributed by atoms with Crippen LogP contribution in [0.5, 0.6) is 0 Å². The Balaban J connectivity index is 1.50. The normalized spacial score (nSPS) is 19.4. The first-order valence-electron chi connectivity index (χ1n) is 10.4. The molecule has 0 saturated carbocycles. The molecule has 5 heteroatoms. The van der Waals surface area contributed by atoms with E-state index in [2.05, 4.69) is 49.5 Å². The third kappa shape index (κ3) is 5.57. The van der Waals surface area contributed by atoms with E-state index in [0.717, 1.165) is 56.3 Å². The lowest BCUT2D eigenvalue weighted by Gasteiger charge is -2.29. The Morgan fingerprint density at radius 2 is 1.57 bits per heavy atom. The van der Waals surface area contributed by atoms with Crippen molar-refractivity contribution in [1.29, 1.82) is 0 Å². The van der Waals surface area contributed by atoms with Crippen molar-refractivity contribution in [3.05, 3.63) is 64.2 Å². The van der Waals surface area contributed by atoms with Gasteiger partial charge in [0.25, 0.3) is 5.91 Å². The van der Waals surface area contributed by atoms with Crippen LogP contribution in [-0.4, -0.2) is 38.6 Å². The molecule has 0 aliphatic carbocycles. The number of anilines is 1. The van der Waals surface area contributed by atoms with Crippen LogP contribution in [0.3, 0.4) is 0 Å². The van der Waals surface area contributed by atoms with E-state index >= 15 is 0 Å². The van der Waals surface area contributed by atoms with Gasteiger partial charge in [-0.05, 0) is 36.1 Å². The lowest BCUT2D eigenvalue weighted by Crippen LogP contribution is -3.28. The van der Waals surface area contributed by atoms with E-state index in [4.69, 9.17) is 11.6 Å². The van der Waals surface area contributed by atoms with E-state index in [-0.39, 0.29) is 5.91 Å². The summed E-state index contributed by atoms with van der Waals surface area (Å²) in [5, 5.41) is 4.01. The third-order valence-electron chi connectivity index (χ3n) is 5.68. The van der Waals surface area contributed by atoms with E-state index < -0.39 is 0 Å². The highest BCUT2D eigenvalue weighted by molar-refractivity contribution is 6.30. The third-order valence-corrected chi connectivity index (χ3v) is 5.92. The van der Waals surface area contributed by atoms with Crippen LogP contribution in [0.4, 0.5) is 5.69 Å². The second-order valence-electron chi connectivity index (χ2n) is 7.69.